The first-order valence-corrected chi connectivity index (χ1v) is 6.63. The number of hydrogen-bond acceptors (Lipinski definition) is 3. The van der Waals surface area contributed by atoms with Crippen LogP contribution in [-0.4, -0.2) is 18.6 Å². The third-order valence-electron chi connectivity index (χ3n) is 4.27. The fourth-order valence-corrected chi connectivity index (χ4v) is 3.40. The lowest BCUT2D eigenvalue weighted by Gasteiger charge is -2.40. The van der Waals surface area contributed by atoms with E-state index in [0.29, 0.717) is 12.6 Å². The maximum Gasteiger partial charge on any atom is 0.308 e. The molecule has 4 unspecified atom stereocenters. The molecule has 0 saturated heterocycles. The number of fused-ring (bicyclic) bond motifs is 1. The second-order valence-corrected chi connectivity index (χ2v) is 5.36. The molecule has 3 heteroatoms. The van der Waals surface area contributed by atoms with E-state index >= 15 is 0 Å². The summed E-state index contributed by atoms with van der Waals surface area (Å²) in [6, 6.07) is 0.403. The summed E-state index contributed by atoms with van der Waals surface area (Å²) in [5, 5.41) is 0. The van der Waals surface area contributed by atoms with Crippen LogP contribution in [0.4, 0.5) is 0 Å². The minimum Gasteiger partial charge on any atom is -0.466 e. The Hall–Kier alpha value is -0.570. The lowest BCUT2D eigenvalue weighted by molar-refractivity contribution is -0.150. The van der Waals surface area contributed by atoms with Gasteiger partial charge in [-0.1, -0.05) is 0 Å². The van der Waals surface area contributed by atoms with Gasteiger partial charge in [0.2, 0.25) is 0 Å². The second-order valence-electron chi connectivity index (χ2n) is 5.36. The molecule has 0 bridgehead atoms. The highest BCUT2D eigenvalue weighted by molar-refractivity contribution is 5.72. The van der Waals surface area contributed by atoms with Crippen LogP contribution in [0.5, 0.6) is 0 Å². The van der Waals surface area contributed by atoms with E-state index in [2.05, 4.69) is 0 Å². The maximum atomic E-state index is 11.7. The van der Waals surface area contributed by atoms with Gasteiger partial charge in [0.15, 0.2) is 0 Å². The first-order chi connectivity index (χ1) is 7.70. The smallest absolute Gasteiger partial charge is 0.308 e. The number of nitrogens with two attached hydrogens (primary N) is 1. The molecule has 2 fully saturated rings. The molecule has 3 nitrogen and oxygen atoms in total. The normalized spacial score (nSPS) is 38.9. The quantitative estimate of drug-likeness (QED) is 0.732. The molecule has 0 spiro atoms. The minimum atomic E-state index is 0.0239. The average Bonchev–Trinajstić information content (AvgIpc) is 2.28. The van der Waals surface area contributed by atoms with Crippen molar-refractivity contribution in [1.29, 1.82) is 0 Å². The number of hydrogen-bond donors (Lipinski definition) is 1. The summed E-state index contributed by atoms with van der Waals surface area (Å²) in [5.74, 6) is 1.68. The average molecular weight is 225 g/mol. The Balaban J connectivity index is 1.88. The summed E-state index contributed by atoms with van der Waals surface area (Å²) in [6.45, 7) is 2.39. The third-order valence-corrected chi connectivity index (χ3v) is 4.27. The molecule has 2 rings (SSSR count). The Morgan fingerprint density at radius 2 is 1.88 bits per heavy atom. The van der Waals surface area contributed by atoms with Crippen molar-refractivity contribution in [3.8, 4) is 0 Å². The molecule has 0 aliphatic heterocycles. The van der Waals surface area contributed by atoms with Gasteiger partial charge in [-0.25, -0.2) is 0 Å². The zero-order valence-electron chi connectivity index (χ0n) is 10.2. The molecule has 0 aromatic carbocycles. The lowest BCUT2D eigenvalue weighted by atomic mass is 9.66. The van der Waals surface area contributed by atoms with E-state index in [1.54, 1.807) is 0 Å². The minimum absolute atomic E-state index is 0.0239. The Morgan fingerprint density at radius 1 is 1.19 bits per heavy atom. The third kappa shape index (κ3) is 2.57. The van der Waals surface area contributed by atoms with Gasteiger partial charge in [-0.05, 0) is 57.3 Å². The van der Waals surface area contributed by atoms with Crippen molar-refractivity contribution >= 4 is 5.97 Å². The Morgan fingerprint density at radius 3 is 2.62 bits per heavy atom. The van der Waals surface area contributed by atoms with Gasteiger partial charge in [-0.2, -0.15) is 0 Å². The molecule has 0 heterocycles. The van der Waals surface area contributed by atoms with Gasteiger partial charge < -0.3 is 10.5 Å². The van der Waals surface area contributed by atoms with Crippen LogP contribution in [0.15, 0.2) is 0 Å². The maximum absolute atomic E-state index is 11.7. The van der Waals surface area contributed by atoms with Crippen molar-refractivity contribution in [2.45, 2.75) is 51.5 Å². The van der Waals surface area contributed by atoms with E-state index in [1.165, 1.54) is 19.3 Å². The monoisotopic (exact) mass is 225 g/mol. The first-order valence-electron chi connectivity index (χ1n) is 6.63. The van der Waals surface area contributed by atoms with Crippen LogP contribution in [0.1, 0.15) is 45.4 Å². The largest absolute Gasteiger partial charge is 0.466 e. The zero-order valence-corrected chi connectivity index (χ0v) is 10.2. The molecule has 4 atom stereocenters. The standard InChI is InChI=1S/C13H23NO2/c1-2-16-13(15)11-4-3-10-8-12(14)6-5-9(10)7-11/h9-12H,2-8,14H2,1H3. The highest BCUT2D eigenvalue weighted by atomic mass is 16.5. The number of ether oxygens (including phenoxy) is 1. The molecule has 92 valence electrons. The van der Waals surface area contributed by atoms with Gasteiger partial charge in [0, 0.05) is 6.04 Å². The van der Waals surface area contributed by atoms with Gasteiger partial charge in [-0.3, -0.25) is 4.79 Å². The Bertz CT molecular complexity index is 254. The predicted octanol–water partition coefficient (Wildman–Crippen LogP) is 2.09. The lowest BCUT2D eigenvalue weighted by Crippen LogP contribution is -2.38. The Kier molecular flexibility index (Phi) is 3.85. The molecule has 0 aromatic rings. The van der Waals surface area contributed by atoms with Crippen LogP contribution < -0.4 is 5.73 Å². The predicted molar refractivity (Wildman–Crippen MR) is 62.8 cm³/mol. The van der Waals surface area contributed by atoms with Gasteiger partial charge in [0.25, 0.3) is 0 Å². The van der Waals surface area contributed by atoms with Crippen molar-refractivity contribution in [3.05, 3.63) is 0 Å². The molecule has 2 aliphatic rings. The summed E-state index contributed by atoms with van der Waals surface area (Å²) < 4.78 is 5.12. The number of esters is 1. The van der Waals surface area contributed by atoms with Crippen molar-refractivity contribution < 1.29 is 9.53 Å². The SMILES string of the molecule is CCOC(=O)C1CCC2CC(N)CCC2C1. The summed E-state index contributed by atoms with van der Waals surface area (Å²) in [4.78, 5) is 11.7. The van der Waals surface area contributed by atoms with Crippen molar-refractivity contribution in [2.24, 2.45) is 23.5 Å². The zero-order chi connectivity index (χ0) is 11.5. The molecule has 2 saturated carbocycles. The topological polar surface area (TPSA) is 52.3 Å². The van der Waals surface area contributed by atoms with Crippen LogP contribution in [0.2, 0.25) is 0 Å². The Labute approximate surface area is 97.7 Å². The van der Waals surface area contributed by atoms with Crippen LogP contribution >= 0.6 is 0 Å². The molecule has 0 radical (unpaired) electrons. The van der Waals surface area contributed by atoms with E-state index < -0.39 is 0 Å². The number of carbonyl (C=O) groups excluding carboxylic acids is 1. The highest BCUT2D eigenvalue weighted by Gasteiger charge is 2.37. The highest BCUT2D eigenvalue weighted by Crippen LogP contribution is 2.42. The molecule has 0 amide bonds. The molecular formula is C13H23NO2. The van der Waals surface area contributed by atoms with Crippen LogP contribution in [0.3, 0.4) is 0 Å². The van der Waals surface area contributed by atoms with Gasteiger partial charge in [0.1, 0.15) is 0 Å². The summed E-state index contributed by atoms with van der Waals surface area (Å²) >= 11 is 0. The fraction of sp³-hybridized carbons (Fsp3) is 0.923. The molecule has 0 aromatic heterocycles. The van der Waals surface area contributed by atoms with Crippen LogP contribution in [-0.2, 0) is 9.53 Å². The van der Waals surface area contributed by atoms with Crippen LogP contribution in [0, 0.1) is 17.8 Å². The van der Waals surface area contributed by atoms with Crippen molar-refractivity contribution in [2.75, 3.05) is 6.61 Å². The van der Waals surface area contributed by atoms with Crippen molar-refractivity contribution in [3.63, 3.8) is 0 Å². The van der Waals surface area contributed by atoms with E-state index in [9.17, 15) is 4.79 Å². The van der Waals surface area contributed by atoms with Crippen molar-refractivity contribution in [1.82, 2.24) is 0 Å². The van der Waals surface area contributed by atoms with Gasteiger partial charge in [0.05, 0.1) is 12.5 Å². The summed E-state index contributed by atoms with van der Waals surface area (Å²) in [6.07, 6.45) is 6.73. The molecule has 2 N–H and O–H groups in total. The molecule has 16 heavy (non-hydrogen) atoms. The van der Waals surface area contributed by atoms with E-state index in [4.69, 9.17) is 10.5 Å². The van der Waals surface area contributed by atoms with Crippen LogP contribution in [0.25, 0.3) is 0 Å². The fourth-order valence-electron chi connectivity index (χ4n) is 3.40. The number of carbonyl (C=O) groups is 1. The molecular weight excluding hydrogens is 202 g/mol. The summed E-state index contributed by atoms with van der Waals surface area (Å²) in [7, 11) is 0. The van der Waals surface area contributed by atoms with E-state index in [0.717, 1.165) is 31.1 Å². The first kappa shape index (κ1) is 11.9. The number of rotatable bonds is 2. The second kappa shape index (κ2) is 5.17. The van der Waals surface area contributed by atoms with E-state index in [1.807, 2.05) is 6.92 Å². The van der Waals surface area contributed by atoms with Gasteiger partial charge >= 0.3 is 5.97 Å². The van der Waals surface area contributed by atoms with Gasteiger partial charge in [-0.15, -0.1) is 0 Å². The summed E-state index contributed by atoms with van der Waals surface area (Å²) in [5.41, 5.74) is 5.99. The van der Waals surface area contributed by atoms with E-state index in [-0.39, 0.29) is 11.9 Å². The molecule has 2 aliphatic carbocycles.